The second kappa shape index (κ2) is 11.0. The summed E-state index contributed by atoms with van der Waals surface area (Å²) in [6, 6.07) is 24.6. The number of carbonyl (C=O) groups is 1. The molecular weight excluding hydrogens is 539 g/mol. The molecule has 0 fully saturated rings. The molecule has 0 radical (unpaired) electrons. The number of rotatable bonds is 9. The van der Waals surface area contributed by atoms with Crippen LogP contribution in [0.1, 0.15) is 23.0 Å². The van der Waals surface area contributed by atoms with Crippen LogP contribution in [-0.4, -0.2) is 32.1 Å². The lowest BCUT2D eigenvalue weighted by Crippen LogP contribution is -2.31. The van der Waals surface area contributed by atoms with Gasteiger partial charge in [0.25, 0.3) is 15.9 Å². The summed E-state index contributed by atoms with van der Waals surface area (Å²) in [4.78, 5) is 21.2. The highest BCUT2D eigenvalue weighted by Gasteiger charge is 2.26. The first-order chi connectivity index (χ1) is 18.4. The first-order valence-electron chi connectivity index (χ1n) is 11.9. The van der Waals surface area contributed by atoms with Crippen LogP contribution in [0.4, 0.5) is 10.8 Å². The molecule has 5 aromatic rings. The molecule has 0 aliphatic rings. The predicted octanol–water partition coefficient (Wildman–Crippen LogP) is 6.67. The van der Waals surface area contributed by atoms with Gasteiger partial charge in [-0.15, -0.1) is 11.8 Å². The standard InChI is InChI=1S/C28H25N3O4S3/c1-3-31(21-8-5-4-6-9-21)38(33,34)24-14-11-20(12-15-24)27(32)30(19-22-10-7-17-35-22)28-29-25-16-13-23(36-2)18-26(25)37-28/h4-18H,3,19H2,1-2H3. The summed E-state index contributed by atoms with van der Waals surface area (Å²) in [5.41, 5.74) is 1.74. The third-order valence-electron chi connectivity index (χ3n) is 5.98. The van der Waals surface area contributed by atoms with Gasteiger partial charge in [-0.1, -0.05) is 29.5 Å². The van der Waals surface area contributed by atoms with Crippen LogP contribution in [0.25, 0.3) is 10.2 Å². The van der Waals surface area contributed by atoms with Crippen molar-refractivity contribution in [1.82, 2.24) is 4.98 Å². The van der Waals surface area contributed by atoms with Crippen LogP contribution in [0, 0.1) is 0 Å². The molecule has 0 N–H and O–H groups in total. The van der Waals surface area contributed by atoms with Gasteiger partial charge in [0, 0.05) is 17.0 Å². The average Bonchev–Trinajstić information content (AvgIpc) is 3.61. The normalized spacial score (nSPS) is 11.5. The smallest absolute Gasteiger partial charge is 0.264 e. The maximum atomic E-state index is 13.7. The molecule has 0 spiro atoms. The molecule has 0 bridgehead atoms. The van der Waals surface area contributed by atoms with Crippen molar-refractivity contribution in [3.63, 3.8) is 0 Å². The fraction of sp³-hybridized carbons (Fsp3) is 0.143. The molecule has 10 heteroatoms. The van der Waals surface area contributed by atoms with Crippen LogP contribution in [0.5, 0.6) is 0 Å². The number of hydrogen-bond acceptors (Lipinski definition) is 7. The third kappa shape index (κ3) is 5.20. The summed E-state index contributed by atoms with van der Waals surface area (Å²) in [6.45, 7) is 2.26. The summed E-state index contributed by atoms with van der Waals surface area (Å²) < 4.78 is 34.6. The molecular formula is C28H25N3O4S3. The van der Waals surface area contributed by atoms with Crippen LogP contribution < -0.4 is 9.21 Å². The predicted molar refractivity (Wildman–Crippen MR) is 154 cm³/mol. The van der Waals surface area contributed by atoms with Gasteiger partial charge in [0.1, 0.15) is 5.76 Å². The largest absolute Gasteiger partial charge is 0.467 e. The minimum atomic E-state index is -3.80. The Labute approximate surface area is 229 Å². The maximum absolute atomic E-state index is 13.7. The van der Waals surface area contributed by atoms with Gasteiger partial charge >= 0.3 is 0 Å². The molecule has 194 valence electrons. The van der Waals surface area contributed by atoms with E-state index >= 15 is 0 Å². The van der Waals surface area contributed by atoms with Crippen molar-refractivity contribution in [1.29, 1.82) is 0 Å². The van der Waals surface area contributed by atoms with Crippen molar-refractivity contribution in [2.24, 2.45) is 0 Å². The number of hydrogen-bond donors (Lipinski definition) is 0. The highest BCUT2D eigenvalue weighted by atomic mass is 32.2. The number of thioether (sulfide) groups is 1. The van der Waals surface area contributed by atoms with Crippen LogP contribution in [0.3, 0.4) is 0 Å². The minimum absolute atomic E-state index is 0.113. The van der Waals surface area contributed by atoms with E-state index < -0.39 is 10.0 Å². The van der Waals surface area contributed by atoms with Gasteiger partial charge in [-0.3, -0.25) is 14.0 Å². The van der Waals surface area contributed by atoms with Gasteiger partial charge in [0.15, 0.2) is 5.13 Å². The minimum Gasteiger partial charge on any atom is -0.467 e. The van der Waals surface area contributed by atoms with Gasteiger partial charge in [-0.25, -0.2) is 13.4 Å². The lowest BCUT2D eigenvalue weighted by Gasteiger charge is -2.23. The Bertz CT molecular complexity index is 1650. The van der Waals surface area contributed by atoms with E-state index in [-0.39, 0.29) is 23.9 Å². The molecule has 0 unspecified atom stereocenters. The van der Waals surface area contributed by atoms with Gasteiger partial charge < -0.3 is 4.42 Å². The van der Waals surface area contributed by atoms with E-state index in [1.807, 2.05) is 24.5 Å². The topological polar surface area (TPSA) is 83.7 Å². The highest BCUT2D eigenvalue weighted by Crippen LogP contribution is 2.33. The van der Waals surface area contributed by atoms with Crippen LogP contribution >= 0.6 is 23.1 Å². The number of nitrogens with zero attached hydrogens (tertiary/aromatic N) is 3. The Balaban J connectivity index is 1.47. The second-order valence-electron chi connectivity index (χ2n) is 8.33. The monoisotopic (exact) mass is 563 g/mol. The van der Waals surface area contributed by atoms with Crippen LogP contribution in [0.2, 0.25) is 0 Å². The molecule has 7 nitrogen and oxygen atoms in total. The molecule has 0 saturated carbocycles. The van der Waals surface area contributed by atoms with Crippen molar-refractivity contribution in [3.8, 4) is 0 Å². The molecule has 2 aromatic heterocycles. The summed E-state index contributed by atoms with van der Waals surface area (Å²) in [6.07, 6.45) is 3.58. The maximum Gasteiger partial charge on any atom is 0.264 e. The average molecular weight is 564 g/mol. The van der Waals surface area contributed by atoms with E-state index in [0.29, 0.717) is 22.1 Å². The number of sulfonamides is 1. The van der Waals surface area contributed by atoms with Gasteiger partial charge in [0.05, 0.1) is 33.6 Å². The number of thiazole rings is 1. The quantitative estimate of drug-likeness (QED) is 0.186. The number of anilines is 2. The fourth-order valence-corrected chi connectivity index (χ4v) is 7.05. The van der Waals surface area contributed by atoms with Crippen molar-refractivity contribution >= 4 is 60.1 Å². The Hall–Kier alpha value is -3.60. The van der Waals surface area contributed by atoms with Gasteiger partial charge in [0.2, 0.25) is 0 Å². The number of carbonyl (C=O) groups excluding carboxylic acids is 1. The van der Waals surface area contributed by atoms with Crippen LogP contribution in [0.15, 0.2) is 105 Å². The van der Waals surface area contributed by atoms with E-state index in [2.05, 4.69) is 6.07 Å². The molecule has 3 aromatic carbocycles. The lowest BCUT2D eigenvalue weighted by molar-refractivity contribution is 0.0983. The summed E-state index contributed by atoms with van der Waals surface area (Å²) >= 11 is 3.07. The Morgan fingerprint density at radius 3 is 2.42 bits per heavy atom. The van der Waals surface area contributed by atoms with E-state index in [1.54, 1.807) is 78.4 Å². The number of aromatic nitrogens is 1. The molecule has 0 atom stereocenters. The van der Waals surface area contributed by atoms with Crippen molar-refractivity contribution < 1.29 is 17.6 Å². The molecule has 2 heterocycles. The summed E-state index contributed by atoms with van der Waals surface area (Å²) in [5.74, 6) is 0.313. The van der Waals surface area contributed by atoms with Crippen LogP contribution in [-0.2, 0) is 16.6 Å². The third-order valence-corrected chi connectivity index (χ3v) is 9.66. The zero-order chi connectivity index (χ0) is 26.7. The van der Waals surface area contributed by atoms with Crippen molar-refractivity contribution in [3.05, 3.63) is 103 Å². The molecule has 0 aliphatic heterocycles. The van der Waals surface area contributed by atoms with Gasteiger partial charge in [-0.2, -0.15) is 0 Å². The van der Waals surface area contributed by atoms with E-state index in [0.717, 1.165) is 15.1 Å². The number of furan rings is 1. The van der Waals surface area contributed by atoms with E-state index in [4.69, 9.17) is 9.40 Å². The first kappa shape index (κ1) is 26.0. The molecule has 1 amide bonds. The summed E-state index contributed by atoms with van der Waals surface area (Å²) in [7, 11) is -3.80. The number of para-hydroxylation sites is 1. The molecule has 38 heavy (non-hydrogen) atoms. The number of amides is 1. The molecule has 5 rings (SSSR count). The first-order valence-corrected chi connectivity index (χ1v) is 15.4. The van der Waals surface area contributed by atoms with Crippen molar-refractivity contribution in [2.75, 3.05) is 22.0 Å². The van der Waals surface area contributed by atoms with Gasteiger partial charge in [-0.05, 0) is 79.9 Å². The Morgan fingerprint density at radius 2 is 1.76 bits per heavy atom. The zero-order valence-electron chi connectivity index (χ0n) is 20.8. The molecule has 0 aliphatic carbocycles. The number of benzene rings is 3. The van der Waals surface area contributed by atoms with Crippen molar-refractivity contribution in [2.45, 2.75) is 23.3 Å². The van der Waals surface area contributed by atoms with E-state index in [9.17, 15) is 13.2 Å². The SMILES string of the molecule is CCN(c1ccccc1)S(=O)(=O)c1ccc(C(=O)N(Cc2ccco2)c2nc3ccc(SC)cc3s2)cc1. The Kier molecular flexibility index (Phi) is 7.55. The van der Waals surface area contributed by atoms with E-state index in [1.165, 1.54) is 27.8 Å². The Morgan fingerprint density at radius 1 is 1.00 bits per heavy atom. The molecule has 0 saturated heterocycles. The zero-order valence-corrected chi connectivity index (χ0v) is 23.2. The lowest BCUT2D eigenvalue weighted by atomic mass is 10.2. The summed E-state index contributed by atoms with van der Waals surface area (Å²) in [5, 5.41) is 0.539. The highest BCUT2D eigenvalue weighted by molar-refractivity contribution is 7.98. The fourth-order valence-electron chi connectivity index (χ4n) is 4.06. The second-order valence-corrected chi connectivity index (χ2v) is 12.1. The number of fused-ring (bicyclic) bond motifs is 1.